The molecule has 0 spiro atoms. The molecule has 0 saturated heterocycles. The minimum Gasteiger partial charge on any atom is -0.310 e. The van der Waals surface area contributed by atoms with E-state index in [9.17, 15) is 10.1 Å². The van der Waals surface area contributed by atoms with E-state index in [2.05, 4.69) is 19.2 Å². The van der Waals surface area contributed by atoms with E-state index in [1.165, 1.54) is 11.6 Å². The van der Waals surface area contributed by atoms with Crippen molar-refractivity contribution >= 4 is 5.69 Å². The normalized spacial score (nSPS) is 10.8. The quantitative estimate of drug-likeness (QED) is 0.664. The smallest absolute Gasteiger partial charge is 0.270 e. The predicted octanol–water partition coefficient (Wildman–Crippen LogP) is 3.76. The molecule has 0 aliphatic heterocycles. The lowest BCUT2D eigenvalue weighted by atomic mass is 10.0. The number of hydrogen-bond acceptors (Lipinski definition) is 3. The van der Waals surface area contributed by atoms with E-state index in [4.69, 9.17) is 0 Å². The number of nitro groups is 1. The van der Waals surface area contributed by atoms with Gasteiger partial charge in [-0.15, -0.1) is 0 Å². The lowest BCUT2D eigenvalue weighted by molar-refractivity contribution is -0.384. The molecule has 104 valence electrons. The summed E-state index contributed by atoms with van der Waals surface area (Å²) in [6, 6.07) is 15.2. The largest absolute Gasteiger partial charge is 0.310 e. The van der Waals surface area contributed by atoms with Crippen LogP contribution in [0.25, 0.3) is 11.1 Å². The first-order chi connectivity index (χ1) is 9.56. The fourth-order valence-electron chi connectivity index (χ4n) is 1.94. The second-order valence-corrected chi connectivity index (χ2v) is 5.04. The molecule has 0 fully saturated rings. The number of nitrogens with zero attached hydrogens (tertiary/aromatic N) is 1. The highest BCUT2D eigenvalue weighted by molar-refractivity contribution is 5.66. The first kappa shape index (κ1) is 14.2. The second-order valence-electron chi connectivity index (χ2n) is 5.04. The van der Waals surface area contributed by atoms with Gasteiger partial charge in [0.2, 0.25) is 0 Å². The molecule has 4 nitrogen and oxygen atoms in total. The van der Waals surface area contributed by atoms with Crippen LogP contribution in [0.15, 0.2) is 48.5 Å². The Bertz CT molecular complexity index is 592. The molecule has 0 unspecified atom stereocenters. The van der Waals surface area contributed by atoms with Crippen molar-refractivity contribution in [2.24, 2.45) is 0 Å². The standard InChI is InChI=1S/C16H18N2O2/c1-12(2)17-11-13-6-8-14(9-7-13)15-4-3-5-16(10-15)18(19)20/h3-10,12,17H,11H2,1-2H3. The molecule has 4 heteroatoms. The van der Waals surface area contributed by atoms with Crippen LogP contribution in [0, 0.1) is 10.1 Å². The molecule has 1 N–H and O–H groups in total. The van der Waals surface area contributed by atoms with Gasteiger partial charge in [-0.2, -0.15) is 0 Å². The van der Waals surface area contributed by atoms with E-state index in [0.717, 1.165) is 17.7 Å². The van der Waals surface area contributed by atoms with Gasteiger partial charge in [-0.1, -0.05) is 50.2 Å². The molecule has 0 amide bonds. The molecule has 0 saturated carbocycles. The maximum atomic E-state index is 10.8. The van der Waals surface area contributed by atoms with E-state index >= 15 is 0 Å². The third-order valence-electron chi connectivity index (χ3n) is 3.06. The Kier molecular flexibility index (Phi) is 4.48. The third-order valence-corrected chi connectivity index (χ3v) is 3.06. The number of nitro benzene ring substituents is 1. The molecule has 0 heterocycles. The molecular weight excluding hydrogens is 252 g/mol. The van der Waals surface area contributed by atoms with Gasteiger partial charge in [0.25, 0.3) is 5.69 Å². The molecule has 2 rings (SSSR count). The van der Waals surface area contributed by atoms with E-state index in [0.29, 0.717) is 6.04 Å². The Labute approximate surface area is 118 Å². The van der Waals surface area contributed by atoms with Crippen LogP contribution in [0.2, 0.25) is 0 Å². The van der Waals surface area contributed by atoms with Gasteiger partial charge in [-0.25, -0.2) is 0 Å². The molecule has 0 aliphatic rings. The number of benzene rings is 2. The summed E-state index contributed by atoms with van der Waals surface area (Å²) in [5.41, 5.74) is 3.17. The zero-order chi connectivity index (χ0) is 14.5. The highest BCUT2D eigenvalue weighted by atomic mass is 16.6. The van der Waals surface area contributed by atoms with Gasteiger partial charge in [0.15, 0.2) is 0 Å². The maximum Gasteiger partial charge on any atom is 0.270 e. The van der Waals surface area contributed by atoms with Crippen LogP contribution in [0.5, 0.6) is 0 Å². The van der Waals surface area contributed by atoms with Gasteiger partial charge in [-0.3, -0.25) is 10.1 Å². The summed E-state index contributed by atoms with van der Waals surface area (Å²) in [5, 5.41) is 14.1. The van der Waals surface area contributed by atoms with Gasteiger partial charge in [0.1, 0.15) is 0 Å². The minimum atomic E-state index is -0.371. The Balaban J connectivity index is 2.17. The Morgan fingerprint density at radius 2 is 1.80 bits per heavy atom. The van der Waals surface area contributed by atoms with Crippen LogP contribution in [0.1, 0.15) is 19.4 Å². The summed E-state index contributed by atoms with van der Waals surface area (Å²) in [6.07, 6.45) is 0. The molecule has 0 aromatic heterocycles. The monoisotopic (exact) mass is 270 g/mol. The maximum absolute atomic E-state index is 10.8. The summed E-state index contributed by atoms with van der Waals surface area (Å²) in [6.45, 7) is 5.04. The van der Waals surface area contributed by atoms with Crippen LogP contribution >= 0.6 is 0 Å². The van der Waals surface area contributed by atoms with Gasteiger partial charge in [-0.05, 0) is 16.7 Å². The van der Waals surface area contributed by atoms with Crippen molar-refractivity contribution in [2.45, 2.75) is 26.4 Å². The van der Waals surface area contributed by atoms with Crippen molar-refractivity contribution < 1.29 is 4.92 Å². The summed E-state index contributed by atoms with van der Waals surface area (Å²) in [4.78, 5) is 10.4. The minimum absolute atomic E-state index is 0.119. The average Bonchev–Trinajstić information content (AvgIpc) is 2.46. The van der Waals surface area contributed by atoms with Crippen molar-refractivity contribution in [3.8, 4) is 11.1 Å². The lowest BCUT2D eigenvalue weighted by Gasteiger charge is -2.09. The molecule has 20 heavy (non-hydrogen) atoms. The van der Waals surface area contributed by atoms with Crippen LogP contribution < -0.4 is 5.32 Å². The zero-order valence-corrected chi connectivity index (χ0v) is 11.7. The molecule has 0 radical (unpaired) electrons. The highest BCUT2D eigenvalue weighted by Gasteiger charge is 2.07. The first-order valence-corrected chi connectivity index (χ1v) is 6.63. The molecule has 0 atom stereocenters. The van der Waals surface area contributed by atoms with Crippen molar-refractivity contribution in [3.05, 3.63) is 64.2 Å². The Morgan fingerprint density at radius 1 is 1.10 bits per heavy atom. The molecular formula is C16H18N2O2. The van der Waals surface area contributed by atoms with Gasteiger partial charge in [0, 0.05) is 24.7 Å². The fraction of sp³-hybridized carbons (Fsp3) is 0.250. The second kappa shape index (κ2) is 6.30. The summed E-state index contributed by atoms with van der Waals surface area (Å²) in [5.74, 6) is 0. The topological polar surface area (TPSA) is 55.2 Å². The number of rotatable bonds is 5. The van der Waals surface area contributed by atoms with Crippen LogP contribution in [0.3, 0.4) is 0 Å². The van der Waals surface area contributed by atoms with E-state index in [1.807, 2.05) is 30.3 Å². The number of non-ortho nitro benzene ring substituents is 1. The zero-order valence-electron chi connectivity index (χ0n) is 11.7. The SMILES string of the molecule is CC(C)NCc1ccc(-c2cccc([N+](=O)[O-])c2)cc1. The Morgan fingerprint density at radius 3 is 2.40 bits per heavy atom. The van der Waals surface area contributed by atoms with Gasteiger partial charge >= 0.3 is 0 Å². The lowest BCUT2D eigenvalue weighted by Crippen LogP contribution is -2.21. The Hall–Kier alpha value is -2.20. The first-order valence-electron chi connectivity index (χ1n) is 6.63. The van der Waals surface area contributed by atoms with Crippen molar-refractivity contribution in [3.63, 3.8) is 0 Å². The van der Waals surface area contributed by atoms with Gasteiger partial charge in [0.05, 0.1) is 4.92 Å². The molecule has 2 aromatic rings. The van der Waals surface area contributed by atoms with E-state index in [-0.39, 0.29) is 10.6 Å². The third kappa shape index (κ3) is 3.65. The van der Waals surface area contributed by atoms with E-state index in [1.54, 1.807) is 12.1 Å². The predicted molar refractivity (Wildman–Crippen MR) is 80.5 cm³/mol. The number of hydrogen-bond donors (Lipinski definition) is 1. The highest BCUT2D eigenvalue weighted by Crippen LogP contribution is 2.24. The van der Waals surface area contributed by atoms with Gasteiger partial charge < -0.3 is 5.32 Å². The average molecular weight is 270 g/mol. The van der Waals surface area contributed by atoms with Crippen molar-refractivity contribution in [1.82, 2.24) is 5.32 Å². The molecule has 0 aliphatic carbocycles. The fourth-order valence-corrected chi connectivity index (χ4v) is 1.94. The van der Waals surface area contributed by atoms with Crippen LogP contribution in [0.4, 0.5) is 5.69 Å². The van der Waals surface area contributed by atoms with Crippen molar-refractivity contribution in [1.29, 1.82) is 0 Å². The molecule has 0 bridgehead atoms. The molecule has 2 aromatic carbocycles. The summed E-state index contributed by atoms with van der Waals surface area (Å²) in [7, 11) is 0. The van der Waals surface area contributed by atoms with Crippen molar-refractivity contribution in [2.75, 3.05) is 0 Å². The van der Waals surface area contributed by atoms with Crippen LogP contribution in [-0.4, -0.2) is 11.0 Å². The van der Waals surface area contributed by atoms with E-state index < -0.39 is 0 Å². The summed E-state index contributed by atoms with van der Waals surface area (Å²) >= 11 is 0. The summed E-state index contributed by atoms with van der Waals surface area (Å²) < 4.78 is 0. The number of nitrogens with one attached hydrogen (secondary N) is 1. The van der Waals surface area contributed by atoms with Crippen LogP contribution in [-0.2, 0) is 6.54 Å².